The molecule has 13 heavy (non-hydrogen) atoms. The number of likely N-dealkylation sites (tertiary alicyclic amines) is 1. The molecule has 1 unspecified atom stereocenters. The molecular weight excluding hydrogens is 164 g/mol. The summed E-state index contributed by atoms with van der Waals surface area (Å²) in [6.07, 6.45) is 4.48. The summed E-state index contributed by atoms with van der Waals surface area (Å²) in [5.41, 5.74) is 0.728. The topological polar surface area (TPSA) is 36.0 Å². The zero-order valence-electron chi connectivity index (χ0n) is 10.3. The average Bonchev–Trinajstić information content (AvgIpc) is 2.62. The summed E-state index contributed by atoms with van der Waals surface area (Å²) < 4.78 is 21.0. The molecule has 0 aliphatic carbocycles. The predicted octanol–water partition coefficient (Wildman–Crippen LogP) is 1.86. The van der Waals surface area contributed by atoms with Crippen molar-refractivity contribution in [1.82, 2.24) is 4.98 Å². The molecule has 1 aromatic rings. The normalized spacial score (nSPS) is 37.9. The number of aromatic nitrogens is 1. The van der Waals surface area contributed by atoms with Crippen LogP contribution in [0.3, 0.4) is 0 Å². The summed E-state index contributed by atoms with van der Waals surface area (Å²) in [7, 11) is 0. The lowest BCUT2D eigenvalue weighted by Crippen LogP contribution is -2.36. The second-order valence-corrected chi connectivity index (χ2v) is 3.46. The smallest absolute Gasteiger partial charge is 0.116 e. The van der Waals surface area contributed by atoms with E-state index in [-0.39, 0.29) is 6.54 Å². The van der Waals surface area contributed by atoms with E-state index in [1.165, 1.54) is 0 Å². The van der Waals surface area contributed by atoms with Gasteiger partial charge in [0.25, 0.3) is 0 Å². The van der Waals surface area contributed by atoms with Crippen molar-refractivity contribution in [2.24, 2.45) is 0 Å². The van der Waals surface area contributed by atoms with Crippen LogP contribution < -0.4 is 0 Å². The van der Waals surface area contributed by atoms with Crippen LogP contribution in [-0.4, -0.2) is 23.2 Å². The van der Waals surface area contributed by atoms with E-state index in [0.29, 0.717) is 12.8 Å². The Balaban J connectivity index is 2.35. The maximum absolute atomic E-state index is 12.4. The number of rotatable bonds is 1. The lowest BCUT2D eigenvalue weighted by atomic mass is 10.1. The SMILES string of the molecule is [2H]C([2H])([2H])[N@@+]1([O-])CCCC1c1cccnc1. The third-order valence-corrected chi connectivity index (χ3v) is 2.54. The minimum Gasteiger partial charge on any atom is -0.633 e. The van der Waals surface area contributed by atoms with Crippen molar-refractivity contribution in [3.8, 4) is 0 Å². The number of hydrogen-bond acceptors (Lipinski definition) is 2. The second-order valence-electron chi connectivity index (χ2n) is 3.46. The molecule has 0 amide bonds. The first-order chi connectivity index (χ1) is 7.45. The monoisotopic (exact) mass is 181 g/mol. The van der Waals surface area contributed by atoms with E-state index in [2.05, 4.69) is 4.98 Å². The zero-order chi connectivity index (χ0) is 11.8. The number of nitrogens with zero attached hydrogens (tertiary/aromatic N) is 2. The van der Waals surface area contributed by atoms with Gasteiger partial charge in [0.2, 0.25) is 0 Å². The van der Waals surface area contributed by atoms with E-state index in [4.69, 9.17) is 4.11 Å². The maximum atomic E-state index is 12.4. The van der Waals surface area contributed by atoms with Gasteiger partial charge in [0.1, 0.15) is 6.04 Å². The summed E-state index contributed by atoms with van der Waals surface area (Å²) in [6.45, 7) is -2.34. The molecule has 70 valence electrons. The Hall–Kier alpha value is -0.930. The summed E-state index contributed by atoms with van der Waals surface area (Å²) in [5.74, 6) is 0. The quantitative estimate of drug-likeness (QED) is 0.489. The van der Waals surface area contributed by atoms with E-state index < -0.39 is 17.7 Å². The molecule has 3 nitrogen and oxygen atoms in total. The number of hydroxylamine groups is 3. The molecule has 2 heterocycles. The molecule has 0 saturated carbocycles. The predicted molar refractivity (Wildman–Crippen MR) is 50.6 cm³/mol. The van der Waals surface area contributed by atoms with Crippen LogP contribution in [0.2, 0.25) is 0 Å². The van der Waals surface area contributed by atoms with E-state index in [1.54, 1.807) is 24.5 Å². The van der Waals surface area contributed by atoms with Gasteiger partial charge in [-0.3, -0.25) is 4.98 Å². The summed E-state index contributed by atoms with van der Waals surface area (Å²) >= 11 is 0. The van der Waals surface area contributed by atoms with Crippen LogP contribution in [0.1, 0.15) is 28.6 Å². The fourth-order valence-corrected chi connectivity index (χ4v) is 1.86. The van der Waals surface area contributed by atoms with Gasteiger partial charge < -0.3 is 9.85 Å². The summed E-state index contributed by atoms with van der Waals surface area (Å²) in [4.78, 5) is 3.94. The Kier molecular flexibility index (Phi) is 1.36. The lowest BCUT2D eigenvalue weighted by Gasteiger charge is -2.40. The third-order valence-electron chi connectivity index (χ3n) is 2.54. The Morgan fingerprint density at radius 3 is 3.38 bits per heavy atom. The van der Waals surface area contributed by atoms with Gasteiger partial charge in [-0.25, -0.2) is 0 Å². The Bertz CT molecular complexity index is 368. The van der Waals surface area contributed by atoms with Gasteiger partial charge in [0, 0.05) is 30.8 Å². The van der Waals surface area contributed by atoms with Crippen molar-refractivity contribution < 1.29 is 8.76 Å². The first-order valence-electron chi connectivity index (χ1n) is 5.94. The Morgan fingerprint density at radius 1 is 1.77 bits per heavy atom. The fraction of sp³-hybridized carbons (Fsp3) is 0.500. The van der Waals surface area contributed by atoms with Gasteiger partial charge in [0.15, 0.2) is 0 Å². The highest BCUT2D eigenvalue weighted by atomic mass is 16.5. The van der Waals surface area contributed by atoms with Crippen molar-refractivity contribution >= 4 is 0 Å². The zero-order valence-corrected chi connectivity index (χ0v) is 7.31. The van der Waals surface area contributed by atoms with E-state index >= 15 is 0 Å². The lowest BCUT2D eigenvalue weighted by molar-refractivity contribution is -0.878. The summed E-state index contributed by atoms with van der Waals surface area (Å²) in [6, 6.07) is 3.01. The van der Waals surface area contributed by atoms with Gasteiger partial charge in [0.05, 0.1) is 17.6 Å². The molecule has 1 fully saturated rings. The maximum Gasteiger partial charge on any atom is 0.116 e. The molecule has 1 aromatic heterocycles. The molecule has 0 aromatic carbocycles. The van der Waals surface area contributed by atoms with Gasteiger partial charge in [-0.2, -0.15) is 0 Å². The van der Waals surface area contributed by atoms with E-state index in [1.807, 2.05) is 0 Å². The molecule has 0 N–H and O–H groups in total. The Labute approximate surface area is 82.4 Å². The number of hydrogen-bond donors (Lipinski definition) is 0. The van der Waals surface area contributed by atoms with Gasteiger partial charge in [-0.15, -0.1) is 0 Å². The van der Waals surface area contributed by atoms with E-state index in [0.717, 1.165) is 5.56 Å². The molecular formula is C10H14N2O. The highest BCUT2D eigenvalue weighted by molar-refractivity contribution is 5.12. The van der Waals surface area contributed by atoms with Crippen LogP contribution in [0.25, 0.3) is 0 Å². The molecule has 1 saturated heterocycles. The molecule has 1 aliphatic heterocycles. The first-order valence-corrected chi connectivity index (χ1v) is 4.44. The second kappa shape index (κ2) is 3.09. The molecule has 1 aliphatic rings. The van der Waals surface area contributed by atoms with Crippen molar-refractivity contribution in [1.29, 1.82) is 0 Å². The van der Waals surface area contributed by atoms with Gasteiger partial charge in [-0.05, 0) is 6.07 Å². The first kappa shape index (κ1) is 5.73. The highest BCUT2D eigenvalue weighted by Gasteiger charge is 2.32. The molecule has 0 radical (unpaired) electrons. The average molecular weight is 181 g/mol. The minimum atomic E-state index is -2.50. The van der Waals surface area contributed by atoms with Crippen LogP contribution in [0.4, 0.5) is 0 Å². The Morgan fingerprint density at radius 2 is 2.69 bits per heavy atom. The van der Waals surface area contributed by atoms with Crippen LogP contribution in [0.5, 0.6) is 0 Å². The fourth-order valence-electron chi connectivity index (χ4n) is 1.86. The van der Waals surface area contributed by atoms with Gasteiger partial charge >= 0.3 is 0 Å². The summed E-state index contributed by atoms with van der Waals surface area (Å²) in [5, 5.41) is 12.4. The van der Waals surface area contributed by atoms with Crippen molar-refractivity contribution in [2.45, 2.75) is 18.9 Å². The van der Waals surface area contributed by atoms with E-state index in [9.17, 15) is 5.21 Å². The van der Waals surface area contributed by atoms with Gasteiger partial charge in [-0.1, -0.05) is 6.07 Å². The largest absolute Gasteiger partial charge is 0.633 e. The molecule has 2 rings (SSSR count). The highest BCUT2D eigenvalue weighted by Crippen LogP contribution is 2.35. The van der Waals surface area contributed by atoms with Crippen LogP contribution in [0, 0.1) is 5.21 Å². The molecule has 0 bridgehead atoms. The van der Waals surface area contributed by atoms with Crippen molar-refractivity contribution in [3.63, 3.8) is 0 Å². The van der Waals surface area contributed by atoms with Crippen LogP contribution in [0.15, 0.2) is 24.5 Å². The van der Waals surface area contributed by atoms with Crippen LogP contribution >= 0.6 is 0 Å². The van der Waals surface area contributed by atoms with Crippen molar-refractivity contribution in [3.05, 3.63) is 35.3 Å². The molecule has 0 spiro atoms. The van der Waals surface area contributed by atoms with Crippen molar-refractivity contribution in [2.75, 3.05) is 13.5 Å². The third kappa shape index (κ3) is 1.57. The number of quaternary nitrogens is 1. The number of pyridine rings is 1. The standard InChI is InChI=1S/C10H14N2O/c1-12(13)7-3-5-10(12)9-4-2-6-11-8-9/h2,4,6,8,10H,3,5,7H2,1H3/t10?,12-/m1/s1/i1D3. The molecule has 3 heteroatoms. The minimum absolute atomic E-state index is 0.163. The molecule has 2 atom stereocenters. The van der Waals surface area contributed by atoms with Crippen LogP contribution in [-0.2, 0) is 0 Å².